The van der Waals surface area contributed by atoms with Crippen LogP contribution < -0.4 is 5.32 Å². The van der Waals surface area contributed by atoms with Gasteiger partial charge in [0.15, 0.2) is 0 Å². The Morgan fingerprint density at radius 2 is 1.20 bits per heavy atom. The Balaban J connectivity index is 0.000000210. The molecule has 1 N–H and O–H groups in total. The van der Waals surface area contributed by atoms with Crippen molar-refractivity contribution in [2.75, 3.05) is 72.6 Å². The van der Waals surface area contributed by atoms with Crippen molar-refractivity contribution in [3.8, 4) is 12.1 Å². The van der Waals surface area contributed by atoms with Crippen molar-refractivity contribution in [3.05, 3.63) is 71.8 Å². The fourth-order valence-corrected chi connectivity index (χ4v) is 8.33. The zero-order valence-corrected chi connectivity index (χ0v) is 32.4. The number of nitrogens with one attached hydrogen (secondary N) is 1. The Labute approximate surface area is 322 Å². The summed E-state index contributed by atoms with van der Waals surface area (Å²) in [5.41, 5.74) is 1.67. The second-order valence-electron chi connectivity index (χ2n) is 15.8. The molecule has 4 fully saturated rings. The van der Waals surface area contributed by atoms with Crippen molar-refractivity contribution in [2.24, 2.45) is 16.7 Å². The third-order valence-corrected chi connectivity index (χ3v) is 11.9. The molecule has 11 nitrogen and oxygen atoms in total. The first-order chi connectivity index (χ1) is 26.1. The fourth-order valence-electron chi connectivity index (χ4n) is 8.33. The summed E-state index contributed by atoms with van der Waals surface area (Å²) in [7, 11) is 2.12. The average Bonchev–Trinajstić information content (AvgIpc) is 3.20. The minimum atomic E-state index is -0.374. The molecule has 2 aromatic rings. The van der Waals surface area contributed by atoms with Gasteiger partial charge in [-0.1, -0.05) is 60.7 Å². The van der Waals surface area contributed by atoms with Crippen LogP contribution in [0.1, 0.15) is 69.4 Å². The highest BCUT2D eigenvalue weighted by atomic mass is 16.5. The van der Waals surface area contributed by atoms with Gasteiger partial charge in [0.05, 0.1) is 36.1 Å². The molecule has 0 aliphatic carbocycles. The van der Waals surface area contributed by atoms with Crippen LogP contribution in [-0.2, 0) is 27.2 Å². The predicted octanol–water partition coefficient (Wildman–Crippen LogP) is 5.28. The summed E-state index contributed by atoms with van der Waals surface area (Å²) < 4.78 is 5.00. The van der Waals surface area contributed by atoms with Gasteiger partial charge in [0.1, 0.15) is 0 Å². The first-order valence-corrected chi connectivity index (χ1v) is 20.0. The van der Waals surface area contributed by atoms with Gasteiger partial charge >= 0.3 is 12.0 Å². The molecule has 0 aromatic heterocycles. The molecule has 3 amide bonds. The van der Waals surface area contributed by atoms with Crippen LogP contribution >= 0.6 is 0 Å². The zero-order valence-electron chi connectivity index (χ0n) is 32.4. The SMILES string of the molecule is CCOC(=O)CN1CCC(C(=O)N2CCC(C#N)(Cc3ccccc3)CC2)CC1.CN1CCC(NC(=O)N2CCC(C#N)(Cc3ccccc3)CC2)CC1. The van der Waals surface area contributed by atoms with Gasteiger partial charge in [-0.25, -0.2) is 4.79 Å². The number of ether oxygens (including phenoxy) is 1. The summed E-state index contributed by atoms with van der Waals surface area (Å²) in [5, 5.41) is 22.7. The second kappa shape index (κ2) is 19.8. The summed E-state index contributed by atoms with van der Waals surface area (Å²) in [6.07, 6.45) is 8.08. The van der Waals surface area contributed by atoms with E-state index in [1.54, 1.807) is 0 Å². The highest BCUT2D eigenvalue weighted by Crippen LogP contribution is 2.36. The Morgan fingerprint density at radius 3 is 1.67 bits per heavy atom. The monoisotopic (exact) mass is 737 g/mol. The van der Waals surface area contributed by atoms with E-state index in [0.29, 0.717) is 39.3 Å². The highest BCUT2D eigenvalue weighted by molar-refractivity contribution is 5.79. The van der Waals surface area contributed by atoms with E-state index in [1.165, 1.54) is 11.1 Å². The smallest absolute Gasteiger partial charge is 0.320 e. The molecule has 0 atom stereocenters. The number of likely N-dealkylation sites (tertiary alicyclic amines) is 4. The second-order valence-corrected chi connectivity index (χ2v) is 15.8. The number of rotatable bonds is 9. The number of nitrogens with zero attached hydrogens (tertiary/aromatic N) is 6. The van der Waals surface area contributed by atoms with Crippen LogP contribution in [0.3, 0.4) is 0 Å². The summed E-state index contributed by atoms with van der Waals surface area (Å²) in [4.78, 5) is 45.3. The average molecular weight is 738 g/mol. The zero-order chi connectivity index (χ0) is 38.4. The molecule has 4 aliphatic heterocycles. The van der Waals surface area contributed by atoms with E-state index in [4.69, 9.17) is 4.74 Å². The van der Waals surface area contributed by atoms with Crippen molar-refractivity contribution in [1.82, 2.24) is 24.9 Å². The molecule has 54 heavy (non-hydrogen) atoms. The first-order valence-electron chi connectivity index (χ1n) is 20.0. The van der Waals surface area contributed by atoms with E-state index in [2.05, 4.69) is 58.6 Å². The number of carbonyl (C=O) groups is 3. The van der Waals surface area contributed by atoms with E-state index in [0.717, 1.165) is 90.4 Å². The number of amides is 3. The Morgan fingerprint density at radius 1 is 0.722 bits per heavy atom. The van der Waals surface area contributed by atoms with Gasteiger partial charge in [0.2, 0.25) is 5.91 Å². The van der Waals surface area contributed by atoms with Crippen LogP contribution in [0.5, 0.6) is 0 Å². The van der Waals surface area contributed by atoms with Gasteiger partial charge in [0.25, 0.3) is 0 Å². The van der Waals surface area contributed by atoms with Crippen molar-refractivity contribution in [2.45, 2.75) is 77.2 Å². The summed E-state index contributed by atoms with van der Waals surface area (Å²) in [6, 6.07) is 25.8. The molecule has 0 saturated carbocycles. The molecule has 0 unspecified atom stereocenters. The number of nitriles is 2. The molecule has 290 valence electrons. The molecular formula is C43H59N7O4. The number of urea groups is 1. The Bertz CT molecular complexity index is 1570. The maximum Gasteiger partial charge on any atom is 0.320 e. The van der Waals surface area contributed by atoms with Crippen LogP contribution in [0.15, 0.2) is 60.7 Å². The van der Waals surface area contributed by atoms with Crippen LogP contribution in [0.25, 0.3) is 0 Å². The number of piperidine rings is 4. The molecule has 4 aliphatic rings. The van der Waals surface area contributed by atoms with Crippen LogP contribution in [0, 0.1) is 39.4 Å². The van der Waals surface area contributed by atoms with Gasteiger partial charge in [-0.3, -0.25) is 14.5 Å². The summed E-state index contributed by atoms with van der Waals surface area (Å²) >= 11 is 0. The molecule has 0 spiro atoms. The van der Waals surface area contributed by atoms with Crippen molar-refractivity contribution in [1.29, 1.82) is 10.5 Å². The largest absolute Gasteiger partial charge is 0.465 e. The molecule has 4 saturated heterocycles. The molecule has 6 rings (SSSR count). The van der Waals surface area contributed by atoms with Crippen LogP contribution in [0.2, 0.25) is 0 Å². The Kier molecular flexibility index (Phi) is 14.9. The first kappa shape index (κ1) is 40.7. The van der Waals surface area contributed by atoms with E-state index in [-0.39, 0.29) is 40.7 Å². The van der Waals surface area contributed by atoms with E-state index in [1.807, 2.05) is 53.1 Å². The lowest BCUT2D eigenvalue weighted by Crippen LogP contribution is -2.52. The predicted molar refractivity (Wildman–Crippen MR) is 208 cm³/mol. The number of hydrogen-bond donors (Lipinski definition) is 1. The van der Waals surface area contributed by atoms with Gasteiger partial charge in [-0.15, -0.1) is 0 Å². The minimum Gasteiger partial charge on any atom is -0.465 e. The normalized spacial score (nSPS) is 20.7. The molecular weight excluding hydrogens is 679 g/mol. The number of benzene rings is 2. The topological polar surface area (TPSA) is 133 Å². The lowest BCUT2D eigenvalue weighted by atomic mass is 9.75. The molecule has 4 heterocycles. The van der Waals surface area contributed by atoms with Crippen molar-refractivity contribution >= 4 is 17.9 Å². The van der Waals surface area contributed by atoms with E-state index >= 15 is 0 Å². The van der Waals surface area contributed by atoms with Gasteiger partial charge < -0.3 is 24.8 Å². The third-order valence-electron chi connectivity index (χ3n) is 11.9. The van der Waals surface area contributed by atoms with Gasteiger partial charge in [-0.2, -0.15) is 10.5 Å². The highest BCUT2D eigenvalue weighted by Gasteiger charge is 2.39. The van der Waals surface area contributed by atoms with Crippen LogP contribution in [0.4, 0.5) is 4.79 Å². The van der Waals surface area contributed by atoms with Crippen LogP contribution in [-0.4, -0.2) is 116 Å². The fraction of sp³-hybridized carbons (Fsp3) is 0.605. The molecule has 2 aromatic carbocycles. The number of carbonyl (C=O) groups excluding carboxylic acids is 3. The maximum atomic E-state index is 13.0. The quantitative estimate of drug-likeness (QED) is 0.344. The van der Waals surface area contributed by atoms with Gasteiger partial charge in [0, 0.05) is 38.1 Å². The summed E-state index contributed by atoms with van der Waals surface area (Å²) in [5.74, 6) is 0.0451. The summed E-state index contributed by atoms with van der Waals surface area (Å²) in [6.45, 7) is 8.74. The number of esters is 1. The minimum absolute atomic E-state index is 0.0251. The lowest BCUT2D eigenvalue weighted by Gasteiger charge is -2.40. The maximum absolute atomic E-state index is 13.0. The molecule has 0 bridgehead atoms. The molecule has 0 radical (unpaired) electrons. The van der Waals surface area contributed by atoms with Gasteiger partial charge in [-0.05, 0) is 115 Å². The van der Waals surface area contributed by atoms with E-state index < -0.39 is 0 Å². The van der Waals surface area contributed by atoms with Crippen molar-refractivity contribution < 1.29 is 19.1 Å². The Hall–Kier alpha value is -4.45. The lowest BCUT2D eigenvalue weighted by molar-refractivity contribution is -0.145. The number of hydrogen-bond acceptors (Lipinski definition) is 8. The van der Waals surface area contributed by atoms with Crippen molar-refractivity contribution in [3.63, 3.8) is 0 Å². The van der Waals surface area contributed by atoms with E-state index in [9.17, 15) is 24.9 Å². The third kappa shape index (κ3) is 11.5. The molecule has 11 heteroatoms. The standard InChI is InChI=1S/C23H31N3O3.C20H28N4O/c1-2-29-21(27)17-25-12-8-20(9-13-25)22(28)26-14-10-23(18-24,11-15-26)16-19-6-4-3-5-7-19;1-23-11-7-18(8-12-23)22-19(25)24-13-9-20(16-21,10-14-24)15-17-5-3-2-4-6-17/h3-7,20H,2,8-17H2,1H3;2-6,18H,7-15H2,1H3,(H,22,25).